The summed E-state index contributed by atoms with van der Waals surface area (Å²) in [5.74, 6) is -0.0400. The SMILES string of the molecule is CC1CCN(CCNC(=O)c2ccc(Br)cc2F)CC1. The van der Waals surface area contributed by atoms with E-state index in [1.807, 2.05) is 0 Å². The van der Waals surface area contributed by atoms with Gasteiger partial charge >= 0.3 is 0 Å². The average molecular weight is 343 g/mol. The predicted octanol–water partition coefficient (Wildman–Crippen LogP) is 3.05. The van der Waals surface area contributed by atoms with Crippen molar-refractivity contribution >= 4 is 21.8 Å². The molecule has 0 atom stereocenters. The highest BCUT2D eigenvalue weighted by atomic mass is 79.9. The molecule has 1 aromatic carbocycles. The zero-order valence-electron chi connectivity index (χ0n) is 11.7. The van der Waals surface area contributed by atoms with Crippen molar-refractivity contribution in [2.75, 3.05) is 26.2 Å². The smallest absolute Gasteiger partial charge is 0.254 e. The van der Waals surface area contributed by atoms with E-state index in [4.69, 9.17) is 0 Å². The lowest BCUT2D eigenvalue weighted by molar-refractivity contribution is 0.0940. The highest BCUT2D eigenvalue weighted by molar-refractivity contribution is 9.10. The Hall–Kier alpha value is -0.940. The zero-order valence-corrected chi connectivity index (χ0v) is 13.2. The van der Waals surface area contributed by atoms with Gasteiger partial charge in [0.15, 0.2) is 0 Å². The van der Waals surface area contributed by atoms with Gasteiger partial charge in [-0.25, -0.2) is 4.39 Å². The van der Waals surface area contributed by atoms with Crippen LogP contribution >= 0.6 is 15.9 Å². The molecule has 0 aromatic heterocycles. The van der Waals surface area contributed by atoms with Crippen LogP contribution in [0.5, 0.6) is 0 Å². The van der Waals surface area contributed by atoms with Crippen molar-refractivity contribution in [3.63, 3.8) is 0 Å². The molecule has 1 aliphatic rings. The Morgan fingerprint density at radius 1 is 1.45 bits per heavy atom. The molecule has 1 aromatic rings. The Kier molecular flexibility index (Phi) is 5.54. The molecule has 1 amide bonds. The molecule has 1 N–H and O–H groups in total. The highest BCUT2D eigenvalue weighted by Crippen LogP contribution is 2.16. The van der Waals surface area contributed by atoms with Crippen LogP contribution in [0.1, 0.15) is 30.1 Å². The van der Waals surface area contributed by atoms with Gasteiger partial charge in [-0.3, -0.25) is 4.79 Å². The predicted molar refractivity (Wildman–Crippen MR) is 81.3 cm³/mol. The normalized spacial score (nSPS) is 17.1. The number of hydrogen-bond acceptors (Lipinski definition) is 2. The second-order valence-corrected chi connectivity index (χ2v) is 6.32. The second kappa shape index (κ2) is 7.18. The van der Waals surface area contributed by atoms with Gasteiger partial charge in [-0.2, -0.15) is 0 Å². The monoisotopic (exact) mass is 342 g/mol. The summed E-state index contributed by atoms with van der Waals surface area (Å²) in [7, 11) is 0. The lowest BCUT2D eigenvalue weighted by Gasteiger charge is -2.30. The van der Waals surface area contributed by atoms with Crippen LogP contribution < -0.4 is 5.32 Å². The number of likely N-dealkylation sites (tertiary alicyclic amines) is 1. The van der Waals surface area contributed by atoms with Crippen LogP contribution in [0, 0.1) is 11.7 Å². The molecular weight excluding hydrogens is 323 g/mol. The lowest BCUT2D eigenvalue weighted by atomic mass is 9.99. The maximum Gasteiger partial charge on any atom is 0.254 e. The van der Waals surface area contributed by atoms with Gasteiger partial charge < -0.3 is 10.2 Å². The fourth-order valence-corrected chi connectivity index (χ4v) is 2.72. The van der Waals surface area contributed by atoms with E-state index in [2.05, 4.69) is 33.1 Å². The lowest BCUT2D eigenvalue weighted by Crippen LogP contribution is -2.39. The molecule has 3 nitrogen and oxygen atoms in total. The standard InChI is InChI=1S/C15H20BrFN2O/c1-11-4-7-19(8-5-11)9-6-18-15(20)13-3-2-12(16)10-14(13)17/h2-3,10-11H,4-9H2,1H3,(H,18,20). The number of halogens is 2. The molecule has 5 heteroatoms. The Bertz CT molecular complexity index is 473. The number of hydrogen-bond donors (Lipinski definition) is 1. The molecule has 1 heterocycles. The summed E-state index contributed by atoms with van der Waals surface area (Å²) in [5, 5.41) is 2.78. The highest BCUT2D eigenvalue weighted by Gasteiger charge is 2.16. The zero-order chi connectivity index (χ0) is 14.5. The molecule has 110 valence electrons. The summed E-state index contributed by atoms with van der Waals surface area (Å²) in [5.41, 5.74) is 0.0977. The Morgan fingerprint density at radius 3 is 2.80 bits per heavy atom. The molecule has 0 unspecified atom stereocenters. The number of carbonyl (C=O) groups excluding carboxylic acids is 1. The van der Waals surface area contributed by atoms with Crippen molar-refractivity contribution in [2.24, 2.45) is 5.92 Å². The van der Waals surface area contributed by atoms with E-state index in [9.17, 15) is 9.18 Å². The minimum Gasteiger partial charge on any atom is -0.351 e. The number of benzene rings is 1. The van der Waals surface area contributed by atoms with Crippen LogP contribution in [0.25, 0.3) is 0 Å². The minimum atomic E-state index is -0.497. The van der Waals surface area contributed by atoms with Crippen molar-refractivity contribution in [1.82, 2.24) is 10.2 Å². The van der Waals surface area contributed by atoms with Crippen LogP contribution in [0.15, 0.2) is 22.7 Å². The van der Waals surface area contributed by atoms with E-state index in [1.165, 1.54) is 25.0 Å². The number of carbonyl (C=O) groups is 1. The van der Waals surface area contributed by atoms with Crippen molar-refractivity contribution in [2.45, 2.75) is 19.8 Å². The van der Waals surface area contributed by atoms with Gasteiger partial charge in [0.25, 0.3) is 5.91 Å². The molecule has 0 bridgehead atoms. The average Bonchev–Trinajstić information content (AvgIpc) is 2.41. The molecule has 0 spiro atoms. The third kappa shape index (κ3) is 4.28. The molecule has 1 fully saturated rings. The van der Waals surface area contributed by atoms with E-state index < -0.39 is 5.82 Å². The minimum absolute atomic E-state index is 0.0977. The van der Waals surface area contributed by atoms with E-state index in [0.717, 1.165) is 25.6 Å². The van der Waals surface area contributed by atoms with Gasteiger partial charge in [-0.15, -0.1) is 0 Å². The van der Waals surface area contributed by atoms with Gasteiger partial charge in [0.2, 0.25) is 0 Å². The third-order valence-corrected chi connectivity index (χ3v) is 4.26. The Balaban J connectivity index is 1.77. The molecule has 1 aliphatic heterocycles. The van der Waals surface area contributed by atoms with Crippen molar-refractivity contribution < 1.29 is 9.18 Å². The first-order valence-electron chi connectivity index (χ1n) is 7.02. The molecule has 0 aliphatic carbocycles. The second-order valence-electron chi connectivity index (χ2n) is 5.40. The Labute approximate surface area is 127 Å². The first-order chi connectivity index (χ1) is 9.56. The largest absolute Gasteiger partial charge is 0.351 e. The third-order valence-electron chi connectivity index (χ3n) is 3.77. The van der Waals surface area contributed by atoms with E-state index in [1.54, 1.807) is 6.07 Å². The van der Waals surface area contributed by atoms with Crippen molar-refractivity contribution in [3.8, 4) is 0 Å². The molecule has 0 radical (unpaired) electrons. The van der Waals surface area contributed by atoms with Crippen LogP contribution in [0.4, 0.5) is 4.39 Å². The summed E-state index contributed by atoms with van der Waals surface area (Å²) in [6, 6.07) is 4.47. The van der Waals surface area contributed by atoms with Crippen molar-refractivity contribution in [1.29, 1.82) is 0 Å². The summed E-state index contributed by atoms with van der Waals surface area (Å²) < 4.78 is 14.3. The number of nitrogens with zero attached hydrogens (tertiary/aromatic N) is 1. The fraction of sp³-hybridized carbons (Fsp3) is 0.533. The van der Waals surface area contributed by atoms with Crippen LogP contribution in [-0.2, 0) is 0 Å². The summed E-state index contributed by atoms with van der Waals surface area (Å²) in [6.07, 6.45) is 2.44. The van der Waals surface area contributed by atoms with Gasteiger partial charge in [-0.1, -0.05) is 22.9 Å². The quantitative estimate of drug-likeness (QED) is 0.911. The molecule has 2 rings (SSSR count). The molecular formula is C15H20BrFN2O. The maximum absolute atomic E-state index is 13.6. The molecule has 20 heavy (non-hydrogen) atoms. The van der Waals surface area contributed by atoms with Crippen LogP contribution in [0.2, 0.25) is 0 Å². The first-order valence-corrected chi connectivity index (χ1v) is 7.81. The topological polar surface area (TPSA) is 32.3 Å². The maximum atomic E-state index is 13.6. The summed E-state index contributed by atoms with van der Waals surface area (Å²) in [4.78, 5) is 14.2. The number of rotatable bonds is 4. The first kappa shape index (κ1) is 15.4. The van der Waals surface area contributed by atoms with Crippen molar-refractivity contribution in [3.05, 3.63) is 34.1 Å². The molecule has 0 saturated carbocycles. The van der Waals surface area contributed by atoms with Crippen LogP contribution in [0.3, 0.4) is 0 Å². The van der Waals surface area contributed by atoms with Gasteiger partial charge in [0.05, 0.1) is 5.56 Å². The van der Waals surface area contributed by atoms with E-state index >= 15 is 0 Å². The fourth-order valence-electron chi connectivity index (χ4n) is 2.38. The molecule has 1 saturated heterocycles. The van der Waals surface area contributed by atoms with Gasteiger partial charge in [0, 0.05) is 17.6 Å². The van der Waals surface area contributed by atoms with Crippen LogP contribution in [-0.4, -0.2) is 37.0 Å². The van der Waals surface area contributed by atoms with Gasteiger partial charge in [0.1, 0.15) is 5.82 Å². The summed E-state index contributed by atoms with van der Waals surface area (Å²) in [6.45, 7) is 5.84. The number of piperidine rings is 1. The van der Waals surface area contributed by atoms with E-state index in [0.29, 0.717) is 11.0 Å². The Morgan fingerprint density at radius 2 is 2.15 bits per heavy atom. The number of nitrogens with one attached hydrogen (secondary N) is 1. The van der Waals surface area contributed by atoms with E-state index in [-0.39, 0.29) is 11.5 Å². The summed E-state index contributed by atoms with van der Waals surface area (Å²) >= 11 is 3.18. The van der Waals surface area contributed by atoms with Gasteiger partial charge in [-0.05, 0) is 50.0 Å². The number of amides is 1.